The highest BCUT2D eigenvalue weighted by Gasteiger charge is 2.21. The van der Waals surface area contributed by atoms with E-state index in [-0.39, 0.29) is 23.6 Å². The Balaban J connectivity index is 2.39. The van der Waals surface area contributed by atoms with Gasteiger partial charge in [-0.1, -0.05) is 13.8 Å². The number of carbonyl (C=O) groups is 1. The first-order valence-corrected chi connectivity index (χ1v) is 6.64. The molecule has 1 unspecified atom stereocenters. The van der Waals surface area contributed by atoms with Crippen LogP contribution >= 0.6 is 0 Å². The van der Waals surface area contributed by atoms with E-state index in [1.807, 2.05) is 13.8 Å². The van der Waals surface area contributed by atoms with Crippen molar-refractivity contribution >= 4 is 11.7 Å². The van der Waals surface area contributed by atoms with Crippen molar-refractivity contribution in [2.75, 3.05) is 20.3 Å². The summed E-state index contributed by atoms with van der Waals surface area (Å²) in [6, 6.07) is 5.47. The maximum Gasteiger partial charge on any atom is 0.323 e. The second kappa shape index (κ2) is 8.21. The van der Waals surface area contributed by atoms with Crippen LogP contribution in [0.25, 0.3) is 0 Å². The number of nitro groups is 1. The van der Waals surface area contributed by atoms with E-state index in [1.54, 1.807) is 12.1 Å². The van der Waals surface area contributed by atoms with E-state index in [9.17, 15) is 14.9 Å². The molecule has 1 rings (SSSR count). The van der Waals surface area contributed by atoms with Crippen molar-refractivity contribution in [3.63, 3.8) is 0 Å². The molecule has 0 aliphatic rings. The molecule has 0 spiro atoms. The Bertz CT molecular complexity index is 473. The first-order valence-electron chi connectivity index (χ1n) is 6.64. The topological polar surface area (TPSA) is 90.7 Å². The third kappa shape index (κ3) is 5.39. The van der Waals surface area contributed by atoms with Gasteiger partial charge >= 0.3 is 5.97 Å². The number of methoxy groups -OCH3 is 1. The highest BCUT2D eigenvalue weighted by atomic mass is 16.6. The number of hydrogen-bond acceptors (Lipinski definition) is 6. The average molecular weight is 296 g/mol. The first kappa shape index (κ1) is 16.9. The van der Waals surface area contributed by atoms with Crippen molar-refractivity contribution in [1.82, 2.24) is 5.32 Å². The predicted octanol–water partition coefficient (Wildman–Crippen LogP) is 1.76. The average Bonchev–Trinajstić information content (AvgIpc) is 2.46. The van der Waals surface area contributed by atoms with E-state index in [1.165, 1.54) is 19.2 Å². The SMILES string of the molecule is COC(=O)C(NCCOc1ccc([N+](=O)[O-])cc1)C(C)C. The van der Waals surface area contributed by atoms with E-state index in [0.29, 0.717) is 18.9 Å². The summed E-state index contributed by atoms with van der Waals surface area (Å²) in [5, 5.41) is 13.6. The number of nitro benzene ring substituents is 1. The predicted molar refractivity (Wildman–Crippen MR) is 77.2 cm³/mol. The van der Waals surface area contributed by atoms with Gasteiger partial charge in [0, 0.05) is 18.7 Å². The van der Waals surface area contributed by atoms with E-state index >= 15 is 0 Å². The van der Waals surface area contributed by atoms with Gasteiger partial charge < -0.3 is 14.8 Å². The van der Waals surface area contributed by atoms with Gasteiger partial charge in [0.1, 0.15) is 18.4 Å². The van der Waals surface area contributed by atoms with E-state index in [2.05, 4.69) is 5.32 Å². The Morgan fingerprint density at radius 1 is 1.33 bits per heavy atom. The molecule has 0 fully saturated rings. The highest BCUT2D eigenvalue weighted by molar-refractivity contribution is 5.75. The minimum absolute atomic E-state index is 0.0195. The van der Waals surface area contributed by atoms with Gasteiger partial charge in [-0.25, -0.2) is 0 Å². The van der Waals surface area contributed by atoms with Crippen LogP contribution in [0.2, 0.25) is 0 Å². The minimum Gasteiger partial charge on any atom is -0.492 e. The molecule has 0 radical (unpaired) electrons. The number of ether oxygens (including phenoxy) is 2. The Morgan fingerprint density at radius 2 is 1.95 bits per heavy atom. The molecule has 1 aromatic rings. The number of benzene rings is 1. The van der Waals surface area contributed by atoms with Crippen LogP contribution in [-0.2, 0) is 9.53 Å². The Hall–Kier alpha value is -2.15. The molecule has 0 saturated heterocycles. The number of rotatable bonds is 8. The molecule has 0 saturated carbocycles. The molecule has 0 aromatic heterocycles. The van der Waals surface area contributed by atoms with E-state index < -0.39 is 4.92 Å². The Kier molecular flexibility index (Phi) is 6.61. The monoisotopic (exact) mass is 296 g/mol. The Labute approximate surface area is 123 Å². The van der Waals surface area contributed by atoms with Crippen LogP contribution in [0, 0.1) is 16.0 Å². The highest BCUT2D eigenvalue weighted by Crippen LogP contribution is 2.17. The number of non-ortho nitro benzene ring substituents is 1. The minimum atomic E-state index is -0.463. The quantitative estimate of drug-likeness (QED) is 0.340. The lowest BCUT2D eigenvalue weighted by molar-refractivity contribution is -0.384. The summed E-state index contributed by atoms with van der Waals surface area (Å²) in [6.07, 6.45) is 0. The smallest absolute Gasteiger partial charge is 0.323 e. The standard InChI is InChI=1S/C14H20N2O5/c1-10(2)13(14(17)20-3)15-8-9-21-12-6-4-11(5-7-12)16(18)19/h4-7,10,13,15H,8-9H2,1-3H3. The van der Waals surface area contributed by atoms with Crippen molar-refractivity contribution in [3.8, 4) is 5.75 Å². The molecule has 0 heterocycles. The molecule has 7 heteroatoms. The maximum absolute atomic E-state index is 11.5. The van der Waals surface area contributed by atoms with Crippen LogP contribution in [0.3, 0.4) is 0 Å². The van der Waals surface area contributed by atoms with Crippen LogP contribution in [0.15, 0.2) is 24.3 Å². The van der Waals surface area contributed by atoms with Crippen molar-refractivity contribution in [2.24, 2.45) is 5.92 Å². The maximum atomic E-state index is 11.5. The van der Waals surface area contributed by atoms with E-state index in [4.69, 9.17) is 9.47 Å². The van der Waals surface area contributed by atoms with Gasteiger partial charge in [0.2, 0.25) is 0 Å². The van der Waals surface area contributed by atoms with Gasteiger partial charge in [-0.05, 0) is 18.1 Å². The fraction of sp³-hybridized carbons (Fsp3) is 0.500. The molecule has 116 valence electrons. The molecule has 0 bridgehead atoms. The fourth-order valence-corrected chi connectivity index (χ4v) is 1.77. The second-order valence-electron chi connectivity index (χ2n) is 4.80. The zero-order valence-electron chi connectivity index (χ0n) is 12.4. The van der Waals surface area contributed by atoms with Crippen LogP contribution < -0.4 is 10.1 Å². The molecule has 0 aliphatic carbocycles. The van der Waals surface area contributed by atoms with Crippen LogP contribution in [0.1, 0.15) is 13.8 Å². The van der Waals surface area contributed by atoms with Crippen molar-refractivity contribution in [1.29, 1.82) is 0 Å². The number of nitrogens with zero attached hydrogens (tertiary/aromatic N) is 1. The largest absolute Gasteiger partial charge is 0.492 e. The third-order valence-electron chi connectivity index (χ3n) is 2.90. The van der Waals surface area contributed by atoms with Crippen molar-refractivity contribution < 1.29 is 19.2 Å². The molecule has 7 nitrogen and oxygen atoms in total. The zero-order chi connectivity index (χ0) is 15.8. The van der Waals surface area contributed by atoms with Crippen LogP contribution in [-0.4, -0.2) is 37.2 Å². The fourth-order valence-electron chi connectivity index (χ4n) is 1.77. The summed E-state index contributed by atoms with van der Waals surface area (Å²) in [7, 11) is 1.35. The zero-order valence-corrected chi connectivity index (χ0v) is 12.4. The van der Waals surface area contributed by atoms with Crippen molar-refractivity contribution in [3.05, 3.63) is 34.4 Å². The summed E-state index contributed by atoms with van der Waals surface area (Å²) in [4.78, 5) is 21.6. The molecule has 0 amide bonds. The summed E-state index contributed by atoms with van der Waals surface area (Å²) >= 11 is 0. The number of nitrogens with one attached hydrogen (secondary N) is 1. The van der Waals surface area contributed by atoms with Gasteiger partial charge in [-0.3, -0.25) is 14.9 Å². The number of esters is 1. The van der Waals surface area contributed by atoms with Gasteiger partial charge in [-0.2, -0.15) is 0 Å². The van der Waals surface area contributed by atoms with Gasteiger partial charge in [0.25, 0.3) is 5.69 Å². The molecule has 0 aliphatic heterocycles. The lowest BCUT2D eigenvalue weighted by Gasteiger charge is -2.19. The summed E-state index contributed by atoms with van der Waals surface area (Å²) in [6.45, 7) is 4.66. The summed E-state index contributed by atoms with van der Waals surface area (Å²) in [5.74, 6) is 0.346. The first-order chi connectivity index (χ1) is 9.95. The Morgan fingerprint density at radius 3 is 2.43 bits per heavy atom. The molecule has 1 atom stereocenters. The van der Waals surface area contributed by atoms with Gasteiger partial charge in [0.15, 0.2) is 0 Å². The molecular weight excluding hydrogens is 276 g/mol. The molecule has 1 N–H and O–H groups in total. The molecular formula is C14H20N2O5. The number of carbonyl (C=O) groups excluding carboxylic acids is 1. The summed E-state index contributed by atoms with van der Waals surface area (Å²) < 4.78 is 10.2. The third-order valence-corrected chi connectivity index (χ3v) is 2.90. The van der Waals surface area contributed by atoms with Crippen LogP contribution in [0.5, 0.6) is 5.75 Å². The molecule has 1 aromatic carbocycles. The molecule has 21 heavy (non-hydrogen) atoms. The van der Waals surface area contributed by atoms with Crippen molar-refractivity contribution in [2.45, 2.75) is 19.9 Å². The lowest BCUT2D eigenvalue weighted by atomic mass is 10.1. The lowest BCUT2D eigenvalue weighted by Crippen LogP contribution is -2.43. The van der Waals surface area contributed by atoms with E-state index in [0.717, 1.165) is 0 Å². The van der Waals surface area contributed by atoms with Gasteiger partial charge in [-0.15, -0.1) is 0 Å². The number of hydrogen-bond donors (Lipinski definition) is 1. The summed E-state index contributed by atoms with van der Waals surface area (Å²) in [5.41, 5.74) is 0.0195. The normalized spacial score (nSPS) is 12.0. The second-order valence-corrected chi connectivity index (χ2v) is 4.80. The van der Waals surface area contributed by atoms with Crippen LogP contribution in [0.4, 0.5) is 5.69 Å². The van der Waals surface area contributed by atoms with Gasteiger partial charge in [0.05, 0.1) is 12.0 Å².